The zero-order valence-corrected chi connectivity index (χ0v) is 10.7. The van der Waals surface area contributed by atoms with Crippen molar-refractivity contribution in [2.24, 2.45) is 0 Å². The Bertz CT molecular complexity index is 602. The lowest BCUT2D eigenvalue weighted by atomic mass is 10.3. The fourth-order valence-electron chi connectivity index (χ4n) is 1.38. The molecule has 19 heavy (non-hydrogen) atoms. The molecule has 2 heterocycles. The van der Waals surface area contributed by atoms with E-state index >= 15 is 0 Å². The molecule has 0 saturated heterocycles. The number of aromatic nitrogens is 2. The second-order valence-electron chi connectivity index (χ2n) is 3.55. The van der Waals surface area contributed by atoms with Gasteiger partial charge in [-0.05, 0) is 18.2 Å². The second kappa shape index (κ2) is 5.53. The van der Waals surface area contributed by atoms with Crippen molar-refractivity contribution in [3.05, 3.63) is 41.2 Å². The third-order valence-electron chi connectivity index (χ3n) is 2.27. The fraction of sp³-hybridized carbons (Fsp3) is 0.0833. The number of carboxylic acids is 1. The lowest BCUT2D eigenvalue weighted by Crippen LogP contribution is -2.04. The Kier molecular flexibility index (Phi) is 3.82. The third kappa shape index (κ3) is 3.11. The molecule has 0 aliphatic heterocycles. The van der Waals surface area contributed by atoms with Crippen molar-refractivity contribution in [2.75, 3.05) is 12.4 Å². The van der Waals surface area contributed by atoms with Gasteiger partial charge in [-0.1, -0.05) is 11.6 Å². The van der Waals surface area contributed by atoms with Crippen LogP contribution < -0.4 is 10.1 Å². The van der Waals surface area contributed by atoms with E-state index in [0.717, 1.165) is 0 Å². The van der Waals surface area contributed by atoms with E-state index in [1.54, 1.807) is 24.4 Å². The van der Waals surface area contributed by atoms with Crippen LogP contribution >= 0.6 is 11.6 Å². The summed E-state index contributed by atoms with van der Waals surface area (Å²) >= 11 is 5.73. The highest BCUT2D eigenvalue weighted by atomic mass is 35.5. The van der Waals surface area contributed by atoms with E-state index in [9.17, 15) is 4.79 Å². The van der Waals surface area contributed by atoms with Crippen molar-refractivity contribution >= 4 is 29.1 Å². The predicted molar refractivity (Wildman–Crippen MR) is 70.3 cm³/mol. The number of hydrogen-bond donors (Lipinski definition) is 2. The number of halogens is 1. The molecule has 0 radical (unpaired) electrons. The van der Waals surface area contributed by atoms with Gasteiger partial charge in [0.05, 0.1) is 24.0 Å². The van der Waals surface area contributed by atoms with Crippen molar-refractivity contribution in [1.82, 2.24) is 9.97 Å². The lowest BCUT2D eigenvalue weighted by molar-refractivity contribution is 0.0691. The zero-order valence-electron chi connectivity index (χ0n) is 9.92. The number of ether oxygens (including phenoxy) is 1. The fourth-order valence-corrected chi connectivity index (χ4v) is 1.57. The van der Waals surface area contributed by atoms with Crippen molar-refractivity contribution in [3.63, 3.8) is 0 Å². The molecule has 6 nitrogen and oxygen atoms in total. The zero-order chi connectivity index (χ0) is 13.8. The number of carboxylic acid groups (broad SMARTS) is 1. The van der Waals surface area contributed by atoms with Gasteiger partial charge in [-0.25, -0.2) is 14.8 Å². The summed E-state index contributed by atoms with van der Waals surface area (Å²) in [6.45, 7) is 0. The molecule has 0 bridgehead atoms. The molecule has 0 aromatic carbocycles. The first kappa shape index (κ1) is 13.1. The van der Waals surface area contributed by atoms with Crippen LogP contribution in [0.15, 0.2) is 30.5 Å². The van der Waals surface area contributed by atoms with Crippen molar-refractivity contribution in [2.45, 2.75) is 0 Å². The van der Waals surface area contributed by atoms with Gasteiger partial charge in [-0.3, -0.25) is 0 Å². The van der Waals surface area contributed by atoms with Gasteiger partial charge in [0.1, 0.15) is 5.82 Å². The standard InChI is InChI=1S/C12H10ClN3O3/c1-19-10-5-2-7(6-14-10)15-9-4-3-8(13)11(16-9)12(17)18/h2-6H,1H3,(H,15,16)(H,17,18). The molecule has 0 saturated carbocycles. The molecule has 7 heteroatoms. The van der Waals surface area contributed by atoms with Gasteiger partial charge in [0, 0.05) is 6.07 Å². The van der Waals surface area contributed by atoms with Crippen molar-refractivity contribution in [1.29, 1.82) is 0 Å². The number of methoxy groups -OCH3 is 1. The molecule has 2 aromatic heterocycles. The number of nitrogens with one attached hydrogen (secondary N) is 1. The van der Waals surface area contributed by atoms with Gasteiger partial charge in [-0.2, -0.15) is 0 Å². The Hall–Kier alpha value is -2.34. The summed E-state index contributed by atoms with van der Waals surface area (Å²) in [5, 5.41) is 11.9. The normalized spacial score (nSPS) is 10.0. The minimum absolute atomic E-state index is 0.0888. The summed E-state index contributed by atoms with van der Waals surface area (Å²) in [6, 6.07) is 6.47. The minimum atomic E-state index is -1.18. The number of pyridine rings is 2. The van der Waals surface area contributed by atoms with Crippen LogP contribution in [0, 0.1) is 0 Å². The highest BCUT2D eigenvalue weighted by molar-refractivity contribution is 6.33. The van der Waals surface area contributed by atoms with Crippen molar-refractivity contribution < 1.29 is 14.6 Å². The number of carbonyl (C=O) groups is 1. The maximum atomic E-state index is 10.9. The van der Waals surface area contributed by atoms with Crippen LogP contribution in [0.1, 0.15) is 10.5 Å². The van der Waals surface area contributed by atoms with Crippen LogP contribution in [0.5, 0.6) is 5.88 Å². The molecule has 2 N–H and O–H groups in total. The van der Waals surface area contributed by atoms with Crippen LogP contribution in [0.4, 0.5) is 11.5 Å². The molecule has 2 rings (SSSR count). The maximum Gasteiger partial charge on any atom is 0.356 e. The van der Waals surface area contributed by atoms with Gasteiger partial charge in [0.15, 0.2) is 5.69 Å². The van der Waals surface area contributed by atoms with Crippen LogP contribution in [0.2, 0.25) is 5.02 Å². The highest BCUT2D eigenvalue weighted by Crippen LogP contribution is 2.20. The highest BCUT2D eigenvalue weighted by Gasteiger charge is 2.11. The van der Waals surface area contributed by atoms with Crippen LogP contribution in [-0.2, 0) is 0 Å². The first-order valence-corrected chi connectivity index (χ1v) is 5.65. The molecule has 0 spiro atoms. The van der Waals surface area contributed by atoms with Gasteiger partial charge in [0.2, 0.25) is 5.88 Å². The molecule has 0 fully saturated rings. The monoisotopic (exact) mass is 279 g/mol. The second-order valence-corrected chi connectivity index (χ2v) is 3.95. The predicted octanol–water partition coefficient (Wildman–Crippen LogP) is 2.58. The summed E-state index contributed by atoms with van der Waals surface area (Å²) in [4.78, 5) is 18.8. The summed E-state index contributed by atoms with van der Waals surface area (Å²) in [5.74, 6) is -0.323. The topological polar surface area (TPSA) is 84.3 Å². The summed E-state index contributed by atoms with van der Waals surface area (Å²) in [7, 11) is 1.52. The molecule has 0 aliphatic rings. The van der Waals surface area contributed by atoms with E-state index in [0.29, 0.717) is 17.4 Å². The molecule has 0 unspecified atom stereocenters. The summed E-state index contributed by atoms with van der Waals surface area (Å²) < 4.78 is 4.94. The van der Waals surface area contributed by atoms with Crippen LogP contribution in [-0.4, -0.2) is 28.2 Å². The largest absolute Gasteiger partial charge is 0.481 e. The van der Waals surface area contributed by atoms with Crippen LogP contribution in [0.3, 0.4) is 0 Å². The number of hydrogen-bond acceptors (Lipinski definition) is 5. The quantitative estimate of drug-likeness (QED) is 0.895. The molecule has 2 aromatic rings. The van der Waals surface area contributed by atoms with Gasteiger partial charge >= 0.3 is 5.97 Å². The Balaban J connectivity index is 2.22. The van der Waals surface area contributed by atoms with Crippen molar-refractivity contribution in [3.8, 4) is 5.88 Å². The first-order chi connectivity index (χ1) is 9.10. The maximum absolute atomic E-state index is 10.9. The van der Waals surface area contributed by atoms with Gasteiger partial charge < -0.3 is 15.2 Å². The van der Waals surface area contributed by atoms with E-state index in [2.05, 4.69) is 15.3 Å². The number of rotatable bonds is 4. The van der Waals surface area contributed by atoms with E-state index in [-0.39, 0.29) is 10.7 Å². The molecular formula is C12H10ClN3O3. The number of nitrogens with zero attached hydrogens (tertiary/aromatic N) is 2. The molecule has 0 amide bonds. The molecule has 0 atom stereocenters. The Morgan fingerprint density at radius 3 is 2.74 bits per heavy atom. The Morgan fingerprint density at radius 1 is 1.37 bits per heavy atom. The van der Waals surface area contributed by atoms with E-state index in [1.807, 2.05) is 0 Å². The van der Waals surface area contributed by atoms with E-state index < -0.39 is 5.97 Å². The average Bonchev–Trinajstić information content (AvgIpc) is 2.41. The van der Waals surface area contributed by atoms with Gasteiger partial charge in [0.25, 0.3) is 0 Å². The van der Waals surface area contributed by atoms with Crippen LogP contribution in [0.25, 0.3) is 0 Å². The Morgan fingerprint density at radius 2 is 2.16 bits per heavy atom. The van der Waals surface area contributed by atoms with E-state index in [1.165, 1.54) is 13.2 Å². The first-order valence-electron chi connectivity index (χ1n) is 5.27. The minimum Gasteiger partial charge on any atom is -0.481 e. The number of anilines is 2. The smallest absolute Gasteiger partial charge is 0.356 e. The lowest BCUT2D eigenvalue weighted by Gasteiger charge is -2.07. The average molecular weight is 280 g/mol. The number of aromatic carboxylic acids is 1. The van der Waals surface area contributed by atoms with Gasteiger partial charge in [-0.15, -0.1) is 0 Å². The molecular weight excluding hydrogens is 270 g/mol. The third-order valence-corrected chi connectivity index (χ3v) is 2.57. The summed E-state index contributed by atoms with van der Waals surface area (Å²) in [6.07, 6.45) is 1.55. The SMILES string of the molecule is COc1ccc(Nc2ccc(Cl)c(C(=O)O)n2)cn1. The summed E-state index contributed by atoms with van der Waals surface area (Å²) in [5.41, 5.74) is 0.458. The molecule has 98 valence electrons. The molecule has 0 aliphatic carbocycles. The van der Waals surface area contributed by atoms with E-state index in [4.69, 9.17) is 21.4 Å². The Labute approximate surface area is 114 Å².